The van der Waals surface area contributed by atoms with Crippen molar-refractivity contribution in [3.05, 3.63) is 23.8 Å². The van der Waals surface area contributed by atoms with Crippen LogP contribution in [0.1, 0.15) is 18.4 Å². The van der Waals surface area contributed by atoms with Crippen molar-refractivity contribution in [2.45, 2.75) is 19.3 Å². The zero-order valence-electron chi connectivity index (χ0n) is 9.95. The minimum Gasteiger partial charge on any atom is -0.493 e. The molecule has 0 aromatic heterocycles. The molecule has 3 heteroatoms. The maximum atomic E-state index is 5.79. The van der Waals surface area contributed by atoms with Crippen LogP contribution in [0, 0.1) is 5.41 Å². The second-order valence-corrected chi connectivity index (χ2v) is 4.57. The van der Waals surface area contributed by atoms with E-state index in [0.29, 0.717) is 5.41 Å². The summed E-state index contributed by atoms with van der Waals surface area (Å²) in [5.74, 6) is 1.58. The first-order valence-electron chi connectivity index (χ1n) is 5.64. The van der Waals surface area contributed by atoms with Gasteiger partial charge in [0.25, 0.3) is 0 Å². The Bertz CT molecular complexity index is 372. The number of ether oxygens (including phenoxy) is 2. The Balaban J connectivity index is 2.16. The molecule has 0 atom stereocenters. The predicted molar refractivity (Wildman–Crippen MR) is 64.0 cm³/mol. The van der Waals surface area contributed by atoms with Crippen LogP contribution in [0.4, 0.5) is 0 Å². The summed E-state index contributed by atoms with van der Waals surface area (Å²) in [5, 5.41) is 0. The number of hydrogen-bond donors (Lipinski definition) is 1. The molecule has 0 saturated heterocycles. The molecule has 0 unspecified atom stereocenters. The van der Waals surface area contributed by atoms with Crippen molar-refractivity contribution in [1.29, 1.82) is 0 Å². The number of hydrogen-bond acceptors (Lipinski definition) is 3. The Morgan fingerprint density at radius 2 is 1.88 bits per heavy atom. The highest BCUT2D eigenvalue weighted by atomic mass is 16.5. The van der Waals surface area contributed by atoms with Crippen LogP contribution in [0.5, 0.6) is 11.5 Å². The third kappa shape index (κ3) is 2.14. The maximum absolute atomic E-state index is 5.79. The third-order valence-corrected chi connectivity index (χ3v) is 3.42. The lowest BCUT2D eigenvalue weighted by molar-refractivity contribution is 0.354. The summed E-state index contributed by atoms with van der Waals surface area (Å²) in [6.45, 7) is 0.779. The normalized spacial score (nSPS) is 16.9. The highest BCUT2D eigenvalue weighted by molar-refractivity contribution is 5.43. The van der Waals surface area contributed by atoms with Crippen LogP contribution in [0.2, 0.25) is 0 Å². The van der Waals surface area contributed by atoms with Gasteiger partial charge in [0.1, 0.15) is 0 Å². The number of rotatable bonds is 5. The standard InChI is InChI=1S/C13H19NO2/c1-15-11-4-3-10(7-12(11)16-2)8-13(9-14)5-6-13/h3-4,7H,5-6,8-9,14H2,1-2H3. The summed E-state index contributed by atoms with van der Waals surface area (Å²) in [5.41, 5.74) is 7.43. The first kappa shape index (κ1) is 11.3. The van der Waals surface area contributed by atoms with Crippen LogP contribution in [0.15, 0.2) is 18.2 Å². The van der Waals surface area contributed by atoms with Crippen LogP contribution < -0.4 is 15.2 Å². The van der Waals surface area contributed by atoms with Gasteiger partial charge in [0.2, 0.25) is 0 Å². The minimum atomic E-state index is 0.361. The van der Waals surface area contributed by atoms with Gasteiger partial charge in [-0.3, -0.25) is 0 Å². The molecule has 0 aliphatic heterocycles. The molecule has 0 radical (unpaired) electrons. The van der Waals surface area contributed by atoms with Gasteiger partial charge >= 0.3 is 0 Å². The largest absolute Gasteiger partial charge is 0.493 e. The number of benzene rings is 1. The average molecular weight is 221 g/mol. The Morgan fingerprint density at radius 1 is 1.19 bits per heavy atom. The second kappa shape index (κ2) is 4.34. The smallest absolute Gasteiger partial charge is 0.160 e. The van der Waals surface area contributed by atoms with Crippen molar-refractivity contribution in [2.24, 2.45) is 11.1 Å². The molecule has 0 bridgehead atoms. The molecule has 1 aromatic rings. The lowest BCUT2D eigenvalue weighted by atomic mass is 9.96. The van der Waals surface area contributed by atoms with Gasteiger partial charge in [-0.25, -0.2) is 0 Å². The topological polar surface area (TPSA) is 44.5 Å². The molecule has 3 nitrogen and oxygen atoms in total. The van der Waals surface area contributed by atoms with Crippen LogP contribution in [0.25, 0.3) is 0 Å². The molecule has 1 fully saturated rings. The molecule has 0 spiro atoms. The molecule has 0 amide bonds. The summed E-state index contributed by atoms with van der Waals surface area (Å²) in [6, 6.07) is 6.10. The Morgan fingerprint density at radius 3 is 2.38 bits per heavy atom. The van der Waals surface area contributed by atoms with Crippen LogP contribution >= 0.6 is 0 Å². The van der Waals surface area contributed by atoms with E-state index in [2.05, 4.69) is 12.1 Å². The lowest BCUT2D eigenvalue weighted by Crippen LogP contribution is -2.17. The molecule has 0 heterocycles. The molecule has 1 aliphatic rings. The molecule has 88 valence electrons. The molecule has 1 aromatic carbocycles. The lowest BCUT2D eigenvalue weighted by Gasteiger charge is -2.14. The highest BCUT2D eigenvalue weighted by Gasteiger charge is 2.40. The fourth-order valence-corrected chi connectivity index (χ4v) is 2.05. The Hall–Kier alpha value is -1.22. The van der Waals surface area contributed by atoms with Gasteiger partial charge in [-0.1, -0.05) is 6.07 Å². The molecule has 2 N–H and O–H groups in total. The Kier molecular flexibility index (Phi) is 3.06. The van der Waals surface area contributed by atoms with E-state index >= 15 is 0 Å². The maximum Gasteiger partial charge on any atom is 0.160 e. The minimum absolute atomic E-state index is 0.361. The monoisotopic (exact) mass is 221 g/mol. The predicted octanol–water partition coefficient (Wildman–Crippen LogP) is 1.99. The first-order chi connectivity index (χ1) is 7.73. The van der Waals surface area contributed by atoms with Crippen LogP contribution in [-0.4, -0.2) is 20.8 Å². The first-order valence-corrected chi connectivity index (χ1v) is 5.64. The zero-order valence-corrected chi connectivity index (χ0v) is 9.95. The van der Waals surface area contributed by atoms with E-state index in [1.54, 1.807) is 14.2 Å². The van der Waals surface area contributed by atoms with Crippen LogP contribution in [-0.2, 0) is 6.42 Å². The van der Waals surface area contributed by atoms with Gasteiger partial charge in [-0.15, -0.1) is 0 Å². The fraction of sp³-hybridized carbons (Fsp3) is 0.538. The van der Waals surface area contributed by atoms with Crippen molar-refractivity contribution >= 4 is 0 Å². The van der Waals surface area contributed by atoms with Crippen molar-refractivity contribution in [3.63, 3.8) is 0 Å². The highest BCUT2D eigenvalue weighted by Crippen LogP contribution is 2.47. The molecular weight excluding hydrogens is 202 g/mol. The summed E-state index contributed by atoms with van der Waals surface area (Å²) in [4.78, 5) is 0. The average Bonchev–Trinajstić information content (AvgIpc) is 3.09. The van der Waals surface area contributed by atoms with E-state index in [1.807, 2.05) is 6.07 Å². The van der Waals surface area contributed by atoms with E-state index in [1.165, 1.54) is 18.4 Å². The van der Waals surface area contributed by atoms with Gasteiger partial charge in [0.15, 0.2) is 11.5 Å². The summed E-state index contributed by atoms with van der Waals surface area (Å²) in [6.07, 6.45) is 3.54. The third-order valence-electron chi connectivity index (χ3n) is 3.42. The van der Waals surface area contributed by atoms with Crippen molar-refractivity contribution in [2.75, 3.05) is 20.8 Å². The van der Waals surface area contributed by atoms with Gasteiger partial charge in [-0.2, -0.15) is 0 Å². The van der Waals surface area contributed by atoms with Crippen molar-refractivity contribution in [3.8, 4) is 11.5 Å². The van der Waals surface area contributed by atoms with Gasteiger partial charge < -0.3 is 15.2 Å². The zero-order chi connectivity index (χ0) is 11.6. The van der Waals surface area contributed by atoms with Crippen molar-refractivity contribution < 1.29 is 9.47 Å². The van der Waals surface area contributed by atoms with E-state index < -0.39 is 0 Å². The van der Waals surface area contributed by atoms with E-state index in [4.69, 9.17) is 15.2 Å². The van der Waals surface area contributed by atoms with Gasteiger partial charge in [0.05, 0.1) is 14.2 Å². The SMILES string of the molecule is COc1ccc(CC2(CN)CC2)cc1OC. The second-order valence-electron chi connectivity index (χ2n) is 4.57. The molecule has 16 heavy (non-hydrogen) atoms. The molecule has 2 rings (SSSR count). The van der Waals surface area contributed by atoms with Crippen molar-refractivity contribution in [1.82, 2.24) is 0 Å². The molecule has 1 aliphatic carbocycles. The fourth-order valence-electron chi connectivity index (χ4n) is 2.05. The van der Waals surface area contributed by atoms with E-state index in [0.717, 1.165) is 24.5 Å². The molecular formula is C13H19NO2. The van der Waals surface area contributed by atoms with Gasteiger partial charge in [0, 0.05) is 0 Å². The summed E-state index contributed by atoms with van der Waals surface area (Å²) < 4.78 is 10.5. The number of methoxy groups -OCH3 is 2. The van der Waals surface area contributed by atoms with E-state index in [-0.39, 0.29) is 0 Å². The summed E-state index contributed by atoms with van der Waals surface area (Å²) in [7, 11) is 3.32. The van der Waals surface area contributed by atoms with E-state index in [9.17, 15) is 0 Å². The molecule has 1 saturated carbocycles. The van der Waals surface area contributed by atoms with Crippen LogP contribution in [0.3, 0.4) is 0 Å². The number of nitrogens with two attached hydrogens (primary N) is 1. The summed E-state index contributed by atoms with van der Waals surface area (Å²) >= 11 is 0. The van der Waals surface area contributed by atoms with Gasteiger partial charge in [-0.05, 0) is 48.9 Å². The Labute approximate surface area is 96.5 Å². The quantitative estimate of drug-likeness (QED) is 0.827.